The Bertz CT molecular complexity index is 742. The smallest absolute Gasteiger partial charge is 0.0839 e. The Morgan fingerprint density at radius 2 is 1.94 bits per heavy atom. The Morgan fingerprint density at radius 3 is 2.61 bits per heavy atom. The quantitative estimate of drug-likeness (QED) is 0.378. The number of allylic oxidation sites excluding steroid dienone is 3. The molecular formula is C30H50O3. The van der Waals surface area contributed by atoms with E-state index in [-0.39, 0.29) is 5.92 Å². The summed E-state index contributed by atoms with van der Waals surface area (Å²) >= 11 is 0. The van der Waals surface area contributed by atoms with Crippen molar-refractivity contribution < 1.29 is 15.3 Å². The highest BCUT2D eigenvalue weighted by atomic mass is 16.3. The van der Waals surface area contributed by atoms with Gasteiger partial charge < -0.3 is 15.3 Å². The first-order valence-corrected chi connectivity index (χ1v) is 13.6. The van der Waals surface area contributed by atoms with Crippen LogP contribution in [0.25, 0.3) is 0 Å². The minimum atomic E-state index is -0.629. The zero-order valence-electron chi connectivity index (χ0n) is 21.9. The number of hydrogen-bond donors (Lipinski definition) is 3. The van der Waals surface area contributed by atoms with Gasteiger partial charge in [-0.2, -0.15) is 0 Å². The van der Waals surface area contributed by atoms with Crippen LogP contribution in [-0.2, 0) is 0 Å². The highest BCUT2D eigenvalue weighted by Crippen LogP contribution is 2.60. The molecule has 0 amide bonds. The predicted octanol–water partition coefficient (Wildman–Crippen LogP) is 6.73. The van der Waals surface area contributed by atoms with Crippen LogP contribution >= 0.6 is 0 Å². The molecule has 0 aromatic rings. The zero-order valence-corrected chi connectivity index (χ0v) is 21.9. The molecule has 0 aliphatic heterocycles. The second kappa shape index (κ2) is 10.8. The van der Waals surface area contributed by atoms with Gasteiger partial charge in [0.25, 0.3) is 0 Å². The molecule has 3 heteroatoms. The third kappa shape index (κ3) is 6.03. The van der Waals surface area contributed by atoms with Crippen molar-refractivity contribution >= 4 is 0 Å². The first-order valence-electron chi connectivity index (χ1n) is 13.6. The van der Waals surface area contributed by atoms with E-state index in [4.69, 9.17) is 0 Å². The minimum absolute atomic E-state index is 0.0845. The molecule has 0 saturated heterocycles. The fourth-order valence-corrected chi connectivity index (χ4v) is 7.50. The van der Waals surface area contributed by atoms with Crippen LogP contribution < -0.4 is 0 Å². The van der Waals surface area contributed by atoms with Gasteiger partial charge in [-0.15, -0.1) is 0 Å². The van der Waals surface area contributed by atoms with Gasteiger partial charge in [0, 0.05) is 5.92 Å². The number of hydrogen-bond acceptors (Lipinski definition) is 3. The van der Waals surface area contributed by atoms with Gasteiger partial charge in [0.1, 0.15) is 0 Å². The summed E-state index contributed by atoms with van der Waals surface area (Å²) in [5.41, 5.74) is 3.20. The first kappa shape index (κ1) is 26.7. The Labute approximate surface area is 203 Å². The van der Waals surface area contributed by atoms with E-state index >= 15 is 0 Å². The van der Waals surface area contributed by atoms with Crippen molar-refractivity contribution in [1.29, 1.82) is 0 Å². The Morgan fingerprint density at radius 1 is 1.21 bits per heavy atom. The molecule has 0 bridgehead atoms. The molecule has 3 rings (SSSR count). The van der Waals surface area contributed by atoms with Gasteiger partial charge in [0.15, 0.2) is 0 Å². The van der Waals surface area contributed by atoms with Crippen LogP contribution in [0, 0.1) is 29.1 Å². The van der Waals surface area contributed by atoms with E-state index in [0.717, 1.165) is 42.7 Å². The molecule has 0 aromatic carbocycles. The van der Waals surface area contributed by atoms with Crippen LogP contribution in [0.15, 0.2) is 35.5 Å². The highest BCUT2D eigenvalue weighted by molar-refractivity contribution is 5.39. The summed E-state index contributed by atoms with van der Waals surface area (Å²) in [5, 5.41) is 31.4. The maximum absolute atomic E-state index is 10.7. The van der Waals surface area contributed by atoms with Crippen LogP contribution in [0.1, 0.15) is 105 Å². The van der Waals surface area contributed by atoms with Crippen molar-refractivity contribution in [3.63, 3.8) is 0 Å². The molecule has 3 fully saturated rings. The summed E-state index contributed by atoms with van der Waals surface area (Å²) in [6.07, 6.45) is 15.3. The molecule has 3 aliphatic carbocycles. The summed E-state index contributed by atoms with van der Waals surface area (Å²) < 4.78 is 0. The standard InChI is InChI=1S/C30H50O3/c1-7-10-24-27(31)19-23(21(3)28(24)32)14-13-22-12-9-18-30(6)25(15-16-26(22)30)20(2)11-8-17-29(4,5)33/h13-14,20,24-28,31-33H,3,7-12,15-19H2,1-2,4-6H3/b22-13+,23-14-/t20-,24+,25?,26+,27-,28-,30-/m1/s1. The van der Waals surface area contributed by atoms with Gasteiger partial charge in [0.05, 0.1) is 17.8 Å². The van der Waals surface area contributed by atoms with Crippen molar-refractivity contribution in [1.82, 2.24) is 0 Å². The zero-order chi connectivity index (χ0) is 24.4. The Hall–Kier alpha value is -0.900. The minimum Gasteiger partial charge on any atom is -0.392 e. The molecule has 3 aliphatic rings. The number of rotatable bonds is 8. The first-order chi connectivity index (χ1) is 15.5. The monoisotopic (exact) mass is 458 g/mol. The Balaban J connectivity index is 1.70. The molecular weight excluding hydrogens is 408 g/mol. The van der Waals surface area contributed by atoms with Gasteiger partial charge in [-0.1, -0.05) is 64.3 Å². The molecule has 3 saturated carbocycles. The normalized spacial score (nSPS) is 38.7. The largest absolute Gasteiger partial charge is 0.392 e. The van der Waals surface area contributed by atoms with Crippen molar-refractivity contribution in [2.75, 3.05) is 0 Å². The predicted molar refractivity (Wildman–Crippen MR) is 138 cm³/mol. The van der Waals surface area contributed by atoms with Crippen LogP contribution in [0.3, 0.4) is 0 Å². The topological polar surface area (TPSA) is 60.7 Å². The molecule has 0 radical (unpaired) electrons. The highest BCUT2D eigenvalue weighted by Gasteiger charge is 2.50. The molecule has 0 spiro atoms. The van der Waals surface area contributed by atoms with Crippen molar-refractivity contribution in [3.05, 3.63) is 35.5 Å². The van der Waals surface area contributed by atoms with E-state index in [1.807, 2.05) is 13.8 Å². The molecule has 0 aromatic heterocycles. The van der Waals surface area contributed by atoms with E-state index in [0.29, 0.717) is 23.7 Å². The summed E-state index contributed by atoms with van der Waals surface area (Å²) in [4.78, 5) is 0. The van der Waals surface area contributed by atoms with Crippen LogP contribution in [0.4, 0.5) is 0 Å². The maximum Gasteiger partial charge on any atom is 0.0839 e. The average molecular weight is 459 g/mol. The summed E-state index contributed by atoms with van der Waals surface area (Å²) in [7, 11) is 0. The van der Waals surface area contributed by atoms with E-state index < -0.39 is 17.8 Å². The Kier molecular flexibility index (Phi) is 8.73. The van der Waals surface area contributed by atoms with Crippen molar-refractivity contribution in [2.45, 2.75) is 123 Å². The third-order valence-electron chi connectivity index (χ3n) is 9.39. The molecule has 0 heterocycles. The average Bonchev–Trinajstić information content (AvgIpc) is 3.09. The van der Waals surface area contributed by atoms with Crippen LogP contribution in [-0.4, -0.2) is 33.1 Å². The van der Waals surface area contributed by atoms with Crippen molar-refractivity contribution in [2.24, 2.45) is 29.1 Å². The van der Waals surface area contributed by atoms with Gasteiger partial charge in [0.2, 0.25) is 0 Å². The number of fused-ring (bicyclic) bond motifs is 1. The van der Waals surface area contributed by atoms with Crippen molar-refractivity contribution in [3.8, 4) is 0 Å². The second-order valence-corrected chi connectivity index (χ2v) is 12.4. The number of aliphatic hydroxyl groups excluding tert-OH is 2. The van der Waals surface area contributed by atoms with Crippen LogP contribution in [0.2, 0.25) is 0 Å². The molecule has 3 nitrogen and oxygen atoms in total. The lowest BCUT2D eigenvalue weighted by Gasteiger charge is -2.44. The third-order valence-corrected chi connectivity index (χ3v) is 9.39. The van der Waals surface area contributed by atoms with E-state index in [1.54, 1.807) is 5.57 Å². The van der Waals surface area contributed by atoms with E-state index in [2.05, 4.69) is 39.5 Å². The summed E-state index contributed by atoms with van der Waals surface area (Å²) in [5.74, 6) is 2.01. The fraction of sp³-hybridized carbons (Fsp3) is 0.800. The van der Waals surface area contributed by atoms with Gasteiger partial charge in [-0.25, -0.2) is 0 Å². The molecule has 33 heavy (non-hydrogen) atoms. The lowest BCUT2D eigenvalue weighted by atomic mass is 9.60. The summed E-state index contributed by atoms with van der Waals surface area (Å²) in [6.45, 7) is 15.1. The molecule has 188 valence electrons. The SMILES string of the molecule is C=C1/C(=C\C=C2/CCC[C@]3(C)C([C@H](C)CCCC(C)(C)O)CC[C@@H]23)C[C@@H](O)[C@H](CCC)[C@@H]1O. The lowest BCUT2D eigenvalue weighted by Crippen LogP contribution is -2.38. The molecule has 7 atom stereocenters. The van der Waals surface area contributed by atoms with Gasteiger partial charge >= 0.3 is 0 Å². The lowest BCUT2D eigenvalue weighted by molar-refractivity contribution is 0.0138. The maximum atomic E-state index is 10.7. The summed E-state index contributed by atoms with van der Waals surface area (Å²) in [6, 6.07) is 0. The second-order valence-electron chi connectivity index (χ2n) is 12.4. The molecule has 1 unspecified atom stereocenters. The van der Waals surface area contributed by atoms with E-state index in [1.165, 1.54) is 38.5 Å². The molecule has 3 N–H and O–H groups in total. The van der Waals surface area contributed by atoms with Crippen LogP contribution in [0.5, 0.6) is 0 Å². The fourth-order valence-electron chi connectivity index (χ4n) is 7.50. The number of aliphatic hydroxyl groups is 3. The van der Waals surface area contributed by atoms with Gasteiger partial charge in [-0.3, -0.25) is 0 Å². The van der Waals surface area contributed by atoms with Gasteiger partial charge in [-0.05, 0) is 99.5 Å². The van der Waals surface area contributed by atoms with E-state index in [9.17, 15) is 15.3 Å².